The van der Waals surface area contributed by atoms with Gasteiger partial charge in [0, 0.05) is 62.5 Å². The Bertz CT molecular complexity index is 759. The van der Waals surface area contributed by atoms with Crippen LogP contribution < -0.4 is 38.3 Å². The molecule has 0 saturated heterocycles. The standard InChI is InChI=1S/C18H22N3.HI/c1-19(2)15-8-6-13-10-14-7-9-16(20(3)4)12-18(14)21(5)17(13)11-15;/h6-12H,1-5H3;1H/q+1;/p-1. The van der Waals surface area contributed by atoms with Crippen molar-refractivity contribution in [1.82, 2.24) is 0 Å². The molecule has 3 nitrogen and oxygen atoms in total. The number of benzene rings is 2. The molecule has 0 bridgehead atoms. The zero-order valence-corrected chi connectivity index (χ0v) is 15.9. The minimum absolute atomic E-state index is 0. The van der Waals surface area contributed by atoms with Gasteiger partial charge in [0.2, 0.25) is 11.0 Å². The molecule has 0 N–H and O–H groups in total. The van der Waals surface area contributed by atoms with Crippen molar-refractivity contribution in [3.8, 4) is 0 Å². The molecule has 0 aliphatic rings. The average molecular weight is 407 g/mol. The van der Waals surface area contributed by atoms with Crippen molar-refractivity contribution >= 4 is 33.2 Å². The molecule has 0 amide bonds. The minimum Gasteiger partial charge on any atom is -1.00 e. The first kappa shape index (κ1) is 16.8. The van der Waals surface area contributed by atoms with E-state index < -0.39 is 0 Å². The monoisotopic (exact) mass is 407 g/mol. The van der Waals surface area contributed by atoms with Crippen LogP contribution in [0, 0.1) is 0 Å². The van der Waals surface area contributed by atoms with Gasteiger partial charge in [0.25, 0.3) is 0 Å². The lowest BCUT2D eigenvalue weighted by molar-refractivity contribution is -0.617. The van der Waals surface area contributed by atoms with Crippen LogP contribution in [0.3, 0.4) is 0 Å². The summed E-state index contributed by atoms with van der Waals surface area (Å²) in [5.41, 5.74) is 4.96. The third-order valence-electron chi connectivity index (χ3n) is 4.09. The van der Waals surface area contributed by atoms with Crippen molar-refractivity contribution in [3.63, 3.8) is 0 Å². The number of pyridine rings is 1. The molecule has 0 unspecified atom stereocenters. The molecule has 0 atom stereocenters. The van der Waals surface area contributed by atoms with Crippen LogP contribution in [-0.2, 0) is 7.05 Å². The summed E-state index contributed by atoms with van der Waals surface area (Å²) in [6, 6.07) is 15.5. The first-order valence-electron chi connectivity index (χ1n) is 7.18. The van der Waals surface area contributed by atoms with Crippen LogP contribution in [0.15, 0.2) is 42.5 Å². The normalized spacial score (nSPS) is 10.6. The van der Waals surface area contributed by atoms with Crippen molar-refractivity contribution in [1.29, 1.82) is 0 Å². The second-order valence-corrected chi connectivity index (χ2v) is 5.98. The maximum absolute atomic E-state index is 2.28. The number of halogens is 1. The van der Waals surface area contributed by atoms with E-state index in [0.717, 1.165) is 0 Å². The zero-order valence-electron chi connectivity index (χ0n) is 13.8. The van der Waals surface area contributed by atoms with E-state index in [1.54, 1.807) is 0 Å². The quantitative estimate of drug-likeness (QED) is 0.335. The van der Waals surface area contributed by atoms with Gasteiger partial charge in [-0.25, -0.2) is 0 Å². The molecule has 0 aliphatic heterocycles. The van der Waals surface area contributed by atoms with Gasteiger partial charge < -0.3 is 33.8 Å². The van der Waals surface area contributed by atoms with E-state index in [2.05, 4.69) is 92.1 Å². The molecule has 0 spiro atoms. The third-order valence-corrected chi connectivity index (χ3v) is 4.09. The fourth-order valence-corrected chi connectivity index (χ4v) is 2.74. The number of aryl methyl sites for hydroxylation is 1. The van der Waals surface area contributed by atoms with Crippen LogP contribution in [0.4, 0.5) is 11.4 Å². The Morgan fingerprint density at radius 1 is 0.682 bits per heavy atom. The molecule has 2 aromatic carbocycles. The smallest absolute Gasteiger partial charge is 0.214 e. The van der Waals surface area contributed by atoms with E-state index in [-0.39, 0.29) is 24.0 Å². The van der Waals surface area contributed by atoms with Gasteiger partial charge in [-0.2, -0.15) is 4.57 Å². The van der Waals surface area contributed by atoms with Crippen LogP contribution in [-0.4, -0.2) is 28.2 Å². The van der Waals surface area contributed by atoms with Crippen LogP contribution in [0.1, 0.15) is 0 Å². The summed E-state index contributed by atoms with van der Waals surface area (Å²) in [5.74, 6) is 0. The van der Waals surface area contributed by atoms with E-state index >= 15 is 0 Å². The summed E-state index contributed by atoms with van der Waals surface area (Å²) in [5, 5.41) is 2.54. The summed E-state index contributed by atoms with van der Waals surface area (Å²) in [6.07, 6.45) is 0. The summed E-state index contributed by atoms with van der Waals surface area (Å²) < 4.78 is 2.28. The van der Waals surface area contributed by atoms with Gasteiger partial charge in [0.15, 0.2) is 0 Å². The maximum atomic E-state index is 2.28. The molecule has 3 rings (SSSR count). The zero-order chi connectivity index (χ0) is 15.1. The summed E-state index contributed by atoms with van der Waals surface area (Å²) in [6.45, 7) is 0. The van der Waals surface area contributed by atoms with E-state index in [1.165, 1.54) is 33.2 Å². The number of hydrogen-bond acceptors (Lipinski definition) is 2. The van der Waals surface area contributed by atoms with Gasteiger partial charge in [0.1, 0.15) is 7.05 Å². The first-order chi connectivity index (χ1) is 9.97. The number of anilines is 2. The van der Waals surface area contributed by atoms with Crippen LogP contribution in [0.5, 0.6) is 0 Å². The molecule has 0 fully saturated rings. The number of hydrogen-bond donors (Lipinski definition) is 0. The van der Waals surface area contributed by atoms with Gasteiger partial charge >= 0.3 is 0 Å². The van der Waals surface area contributed by atoms with Crippen molar-refractivity contribution in [3.05, 3.63) is 42.5 Å². The van der Waals surface area contributed by atoms with Gasteiger partial charge in [0.05, 0.1) is 0 Å². The van der Waals surface area contributed by atoms with E-state index in [0.29, 0.717) is 0 Å². The van der Waals surface area contributed by atoms with Crippen LogP contribution >= 0.6 is 0 Å². The molecule has 0 saturated carbocycles. The molecule has 22 heavy (non-hydrogen) atoms. The lowest BCUT2D eigenvalue weighted by Crippen LogP contribution is -3.00. The lowest BCUT2D eigenvalue weighted by atomic mass is 10.1. The lowest BCUT2D eigenvalue weighted by Gasteiger charge is -2.14. The number of fused-ring (bicyclic) bond motifs is 2. The SMILES string of the molecule is CN(C)c1ccc2cc3ccc(N(C)C)cc3[n+](C)c2c1.[I-]. The van der Waals surface area contributed by atoms with Gasteiger partial charge in [-0.3, -0.25) is 0 Å². The Morgan fingerprint density at radius 2 is 1.09 bits per heavy atom. The van der Waals surface area contributed by atoms with Crippen molar-refractivity contribution in [2.24, 2.45) is 7.05 Å². The van der Waals surface area contributed by atoms with Gasteiger partial charge in [-0.1, -0.05) is 0 Å². The highest BCUT2D eigenvalue weighted by atomic mass is 127. The second-order valence-electron chi connectivity index (χ2n) is 5.98. The predicted octanol–water partition coefficient (Wildman–Crippen LogP) is -0.0465. The summed E-state index contributed by atoms with van der Waals surface area (Å²) in [4.78, 5) is 4.28. The molecule has 116 valence electrons. The number of rotatable bonds is 2. The Hall–Kier alpha value is -1.56. The molecular weight excluding hydrogens is 385 g/mol. The van der Waals surface area contributed by atoms with E-state index in [9.17, 15) is 0 Å². The maximum Gasteiger partial charge on any atom is 0.214 e. The summed E-state index contributed by atoms with van der Waals surface area (Å²) >= 11 is 0. The minimum atomic E-state index is 0. The second kappa shape index (κ2) is 6.28. The molecule has 3 aromatic rings. The van der Waals surface area contributed by atoms with E-state index in [1.807, 2.05) is 0 Å². The Morgan fingerprint density at radius 3 is 1.45 bits per heavy atom. The first-order valence-corrected chi connectivity index (χ1v) is 7.18. The van der Waals surface area contributed by atoms with E-state index in [4.69, 9.17) is 0 Å². The van der Waals surface area contributed by atoms with Gasteiger partial charge in [-0.05, 0) is 30.3 Å². The fraction of sp³-hybridized carbons (Fsp3) is 0.278. The van der Waals surface area contributed by atoms with Crippen molar-refractivity contribution in [2.75, 3.05) is 38.0 Å². The highest BCUT2D eigenvalue weighted by molar-refractivity contribution is 5.91. The molecule has 4 heteroatoms. The fourth-order valence-electron chi connectivity index (χ4n) is 2.74. The predicted molar refractivity (Wildman–Crippen MR) is 91.3 cm³/mol. The molecule has 1 aromatic heterocycles. The summed E-state index contributed by atoms with van der Waals surface area (Å²) in [7, 11) is 10.4. The number of nitrogens with zero attached hydrogens (tertiary/aromatic N) is 3. The largest absolute Gasteiger partial charge is 1.00 e. The molecule has 0 aliphatic carbocycles. The number of aromatic nitrogens is 1. The molecule has 0 radical (unpaired) electrons. The topological polar surface area (TPSA) is 10.4 Å². The van der Waals surface area contributed by atoms with Gasteiger partial charge in [-0.15, -0.1) is 0 Å². The highest BCUT2D eigenvalue weighted by Gasteiger charge is 2.13. The third kappa shape index (κ3) is 2.84. The molecular formula is C18H22IN3. The van der Waals surface area contributed by atoms with Crippen molar-refractivity contribution in [2.45, 2.75) is 0 Å². The Balaban J connectivity index is 0.00000176. The van der Waals surface area contributed by atoms with Crippen LogP contribution in [0.25, 0.3) is 21.8 Å². The Labute approximate surface area is 149 Å². The average Bonchev–Trinajstić information content (AvgIpc) is 2.46. The Kier molecular flexibility index (Phi) is 4.80. The molecule has 1 heterocycles. The van der Waals surface area contributed by atoms with Crippen LogP contribution in [0.2, 0.25) is 0 Å². The van der Waals surface area contributed by atoms with Crippen molar-refractivity contribution < 1.29 is 28.5 Å². The highest BCUT2D eigenvalue weighted by Crippen LogP contribution is 2.24.